The molecule has 2 N–H and O–H groups in total. The number of piperazine rings is 1. The van der Waals surface area contributed by atoms with E-state index in [2.05, 4.69) is 4.90 Å². The third kappa shape index (κ3) is 3.64. The summed E-state index contributed by atoms with van der Waals surface area (Å²) in [7, 11) is 0. The highest BCUT2D eigenvalue weighted by Crippen LogP contribution is 2.18. The normalized spacial score (nSPS) is 27.0. The lowest BCUT2D eigenvalue weighted by Gasteiger charge is -2.39. The summed E-state index contributed by atoms with van der Waals surface area (Å²) in [6, 6.07) is 0.116. The summed E-state index contributed by atoms with van der Waals surface area (Å²) in [6.07, 6.45) is 1.96. The molecule has 0 spiro atoms. The van der Waals surface area contributed by atoms with Gasteiger partial charge in [0.25, 0.3) is 0 Å². The van der Waals surface area contributed by atoms with Crippen LogP contribution in [0.1, 0.15) is 19.8 Å². The predicted octanol–water partition coefficient (Wildman–Crippen LogP) is 0.232. The Hall–Kier alpha value is -0.720. The number of rotatable bonds is 3. The summed E-state index contributed by atoms with van der Waals surface area (Å²) in [4.78, 5) is 17.1. The average Bonchev–Trinajstić information content (AvgIpc) is 2.46. The van der Waals surface area contributed by atoms with Crippen molar-refractivity contribution in [1.29, 1.82) is 0 Å². The molecule has 2 rings (SSSR count). The highest BCUT2D eigenvalue weighted by Gasteiger charge is 2.30. The van der Waals surface area contributed by atoms with Crippen LogP contribution in [0.15, 0.2) is 0 Å². The lowest BCUT2D eigenvalue weighted by Crippen LogP contribution is -2.55. The minimum Gasteiger partial charge on any atom is -0.392 e. The maximum Gasteiger partial charge on any atom is 0.228 e. The maximum absolute atomic E-state index is 12.3. The molecule has 2 aliphatic rings. The average molecular weight is 285 g/mol. The molecule has 0 bridgehead atoms. The molecule has 108 valence electrons. The van der Waals surface area contributed by atoms with Gasteiger partial charge in [-0.3, -0.25) is 9.69 Å². The Morgan fingerprint density at radius 3 is 2.58 bits per heavy atom. The predicted molar refractivity (Wildman–Crippen MR) is 77.9 cm³/mol. The van der Waals surface area contributed by atoms with Crippen LogP contribution in [0.25, 0.3) is 0 Å². The molecule has 1 amide bonds. The number of hydrogen-bond donors (Lipinski definition) is 1. The van der Waals surface area contributed by atoms with Gasteiger partial charge in [0, 0.05) is 32.8 Å². The fourth-order valence-electron chi connectivity index (χ4n) is 2.70. The summed E-state index contributed by atoms with van der Waals surface area (Å²) in [6.45, 7) is 6.63. The third-order valence-corrected chi connectivity index (χ3v) is 4.44. The van der Waals surface area contributed by atoms with Gasteiger partial charge in [-0.15, -0.1) is 0 Å². The standard InChI is InChI=1S/C13H23N3O2S/c1-10(12(14)19)15-4-6-16(7-5-15)13(17)11-3-2-8-18-9-11/h10-11H,2-9H2,1H3,(H2,14,19). The van der Waals surface area contributed by atoms with Gasteiger partial charge in [-0.2, -0.15) is 0 Å². The van der Waals surface area contributed by atoms with Crippen LogP contribution in [-0.2, 0) is 9.53 Å². The molecule has 0 aromatic carbocycles. The van der Waals surface area contributed by atoms with E-state index in [0.717, 1.165) is 45.6 Å². The molecule has 2 saturated heterocycles. The van der Waals surface area contributed by atoms with Crippen molar-refractivity contribution >= 4 is 23.1 Å². The molecular formula is C13H23N3O2S. The van der Waals surface area contributed by atoms with Gasteiger partial charge in [0.05, 0.1) is 23.6 Å². The summed E-state index contributed by atoms with van der Waals surface area (Å²) in [5.74, 6) is 0.315. The zero-order valence-corrected chi connectivity index (χ0v) is 12.3. The quantitative estimate of drug-likeness (QED) is 0.752. The van der Waals surface area contributed by atoms with Crippen LogP contribution in [-0.4, -0.2) is 66.1 Å². The van der Waals surface area contributed by atoms with Crippen molar-refractivity contribution in [2.45, 2.75) is 25.8 Å². The number of carbonyl (C=O) groups excluding carboxylic acids is 1. The van der Waals surface area contributed by atoms with Gasteiger partial charge in [0.2, 0.25) is 5.91 Å². The first-order valence-corrected chi connectivity index (χ1v) is 7.40. The molecule has 19 heavy (non-hydrogen) atoms. The largest absolute Gasteiger partial charge is 0.392 e. The molecule has 2 heterocycles. The molecule has 2 unspecified atom stereocenters. The molecule has 6 heteroatoms. The van der Waals surface area contributed by atoms with Crippen LogP contribution < -0.4 is 5.73 Å². The van der Waals surface area contributed by atoms with Gasteiger partial charge in [-0.05, 0) is 19.8 Å². The Morgan fingerprint density at radius 1 is 1.37 bits per heavy atom. The van der Waals surface area contributed by atoms with Gasteiger partial charge in [0.1, 0.15) is 0 Å². The molecule has 0 aliphatic carbocycles. The second kappa shape index (κ2) is 6.63. The summed E-state index contributed by atoms with van der Waals surface area (Å²) in [5.41, 5.74) is 5.67. The van der Waals surface area contributed by atoms with Crippen molar-refractivity contribution in [2.24, 2.45) is 11.7 Å². The van der Waals surface area contributed by atoms with Crippen LogP contribution in [0.3, 0.4) is 0 Å². The minimum absolute atomic E-state index is 0.0632. The Kier molecular flexibility index (Phi) is 5.13. The van der Waals surface area contributed by atoms with Crippen molar-refractivity contribution in [3.63, 3.8) is 0 Å². The van der Waals surface area contributed by atoms with E-state index in [-0.39, 0.29) is 17.9 Å². The number of nitrogens with zero attached hydrogens (tertiary/aromatic N) is 2. The van der Waals surface area contributed by atoms with E-state index in [4.69, 9.17) is 22.7 Å². The van der Waals surface area contributed by atoms with Gasteiger partial charge in [0.15, 0.2) is 0 Å². The van der Waals surface area contributed by atoms with Crippen LogP contribution in [0.5, 0.6) is 0 Å². The molecule has 0 aromatic rings. The summed E-state index contributed by atoms with van der Waals surface area (Å²) < 4.78 is 5.39. The zero-order chi connectivity index (χ0) is 13.8. The van der Waals surface area contributed by atoms with Crippen LogP contribution >= 0.6 is 12.2 Å². The summed E-state index contributed by atoms with van der Waals surface area (Å²) in [5, 5.41) is 0. The first-order chi connectivity index (χ1) is 9.09. The van der Waals surface area contributed by atoms with E-state index < -0.39 is 0 Å². The molecule has 0 saturated carbocycles. The second-order valence-electron chi connectivity index (χ2n) is 5.35. The van der Waals surface area contributed by atoms with E-state index in [9.17, 15) is 4.79 Å². The van der Waals surface area contributed by atoms with Gasteiger partial charge in [-0.25, -0.2) is 0 Å². The summed E-state index contributed by atoms with van der Waals surface area (Å²) >= 11 is 5.02. The van der Waals surface area contributed by atoms with Gasteiger partial charge in [-0.1, -0.05) is 12.2 Å². The Balaban J connectivity index is 1.82. The molecule has 2 atom stereocenters. The van der Waals surface area contributed by atoms with E-state index in [1.807, 2.05) is 11.8 Å². The molecule has 0 aromatic heterocycles. The molecular weight excluding hydrogens is 262 g/mol. The van der Waals surface area contributed by atoms with Crippen LogP contribution in [0.2, 0.25) is 0 Å². The van der Waals surface area contributed by atoms with Gasteiger partial charge >= 0.3 is 0 Å². The number of thiocarbonyl (C=S) groups is 1. The monoisotopic (exact) mass is 285 g/mol. The van der Waals surface area contributed by atoms with Crippen molar-refractivity contribution in [3.05, 3.63) is 0 Å². The van der Waals surface area contributed by atoms with E-state index in [1.54, 1.807) is 0 Å². The van der Waals surface area contributed by atoms with Crippen molar-refractivity contribution in [2.75, 3.05) is 39.4 Å². The zero-order valence-electron chi connectivity index (χ0n) is 11.5. The molecule has 0 radical (unpaired) electrons. The van der Waals surface area contributed by atoms with Crippen molar-refractivity contribution in [3.8, 4) is 0 Å². The number of nitrogens with two attached hydrogens (primary N) is 1. The highest BCUT2D eigenvalue weighted by molar-refractivity contribution is 7.80. The Morgan fingerprint density at radius 2 is 2.05 bits per heavy atom. The Labute approximate surface area is 120 Å². The van der Waals surface area contributed by atoms with Crippen molar-refractivity contribution in [1.82, 2.24) is 9.80 Å². The van der Waals surface area contributed by atoms with Crippen molar-refractivity contribution < 1.29 is 9.53 Å². The number of hydrogen-bond acceptors (Lipinski definition) is 4. The lowest BCUT2D eigenvalue weighted by molar-refractivity contribution is -0.141. The fourth-order valence-corrected chi connectivity index (χ4v) is 2.85. The number of amides is 1. The SMILES string of the molecule is CC(C(N)=S)N1CCN(C(=O)C2CCCOC2)CC1. The van der Waals surface area contributed by atoms with Crippen LogP contribution in [0, 0.1) is 5.92 Å². The highest BCUT2D eigenvalue weighted by atomic mass is 32.1. The topological polar surface area (TPSA) is 58.8 Å². The first kappa shape index (κ1) is 14.7. The van der Waals surface area contributed by atoms with E-state index in [1.165, 1.54) is 0 Å². The number of ether oxygens (including phenoxy) is 1. The van der Waals surface area contributed by atoms with Crippen LogP contribution in [0.4, 0.5) is 0 Å². The minimum atomic E-state index is 0.0632. The lowest BCUT2D eigenvalue weighted by atomic mass is 10.0. The van der Waals surface area contributed by atoms with E-state index >= 15 is 0 Å². The molecule has 2 fully saturated rings. The maximum atomic E-state index is 12.3. The third-order valence-electron chi connectivity index (χ3n) is 4.09. The molecule has 2 aliphatic heterocycles. The second-order valence-corrected chi connectivity index (χ2v) is 5.83. The first-order valence-electron chi connectivity index (χ1n) is 6.99. The van der Waals surface area contributed by atoms with Gasteiger partial charge < -0.3 is 15.4 Å². The number of carbonyl (C=O) groups is 1. The smallest absolute Gasteiger partial charge is 0.228 e. The fraction of sp³-hybridized carbons (Fsp3) is 0.846. The molecule has 5 nitrogen and oxygen atoms in total. The van der Waals surface area contributed by atoms with E-state index in [0.29, 0.717) is 11.6 Å². The Bertz CT molecular complexity index is 337.